The molecule has 10 nitrogen and oxygen atoms in total. The van der Waals surface area contributed by atoms with Crippen LogP contribution in [0.15, 0.2) is 42.5 Å². The van der Waals surface area contributed by atoms with Gasteiger partial charge in [0.15, 0.2) is 12.4 Å². The van der Waals surface area contributed by atoms with Gasteiger partial charge in [0.05, 0.1) is 12.8 Å². The zero-order chi connectivity index (χ0) is 26.7. The molecule has 2 rings (SSSR count). The van der Waals surface area contributed by atoms with Crippen LogP contribution < -0.4 is 5.32 Å². The third-order valence-electron chi connectivity index (χ3n) is 5.32. The molecule has 1 amide bonds. The van der Waals surface area contributed by atoms with E-state index in [-0.39, 0.29) is 30.8 Å². The molecule has 2 aromatic carbocycles. The molecule has 0 fully saturated rings. The topological polar surface area (TPSA) is 164 Å². The number of carboxylic acid groups (broad SMARTS) is 2. The van der Waals surface area contributed by atoms with Crippen molar-refractivity contribution in [1.29, 1.82) is 0 Å². The maximum atomic E-state index is 12.6. The van der Waals surface area contributed by atoms with E-state index in [0.717, 1.165) is 10.8 Å². The largest absolute Gasteiger partial charge is 0.481 e. The van der Waals surface area contributed by atoms with E-state index in [9.17, 15) is 28.2 Å². The van der Waals surface area contributed by atoms with Crippen LogP contribution in [0, 0.1) is 5.92 Å². The van der Waals surface area contributed by atoms with Gasteiger partial charge in [0.25, 0.3) is 0 Å². The van der Waals surface area contributed by atoms with E-state index < -0.39 is 65.4 Å². The first kappa shape index (κ1) is 28.6. The number of rotatable bonds is 15. The lowest BCUT2D eigenvalue weighted by atomic mass is 10.0. The molecule has 0 saturated carbocycles. The van der Waals surface area contributed by atoms with Crippen LogP contribution in [0.1, 0.15) is 31.7 Å². The molecule has 0 spiro atoms. The van der Waals surface area contributed by atoms with Crippen LogP contribution in [0.3, 0.4) is 0 Å². The van der Waals surface area contributed by atoms with Crippen molar-refractivity contribution in [2.75, 3.05) is 18.1 Å². The molecule has 3 unspecified atom stereocenters. The molecule has 2 aromatic rings. The van der Waals surface area contributed by atoms with E-state index in [2.05, 4.69) is 5.32 Å². The molecule has 0 bridgehead atoms. The second-order valence-corrected chi connectivity index (χ2v) is 9.93. The number of hydrogen-bond donors (Lipinski definition) is 3. The first-order valence-corrected chi connectivity index (χ1v) is 12.8. The third-order valence-corrected chi connectivity index (χ3v) is 6.94. The van der Waals surface area contributed by atoms with Crippen LogP contribution in [0.4, 0.5) is 0 Å². The highest BCUT2D eigenvalue weighted by molar-refractivity contribution is 7.85. The van der Waals surface area contributed by atoms with Gasteiger partial charge in [-0.2, -0.15) is 0 Å². The minimum Gasteiger partial charge on any atom is -0.481 e. The van der Waals surface area contributed by atoms with E-state index in [1.54, 1.807) is 12.1 Å². The maximum Gasteiger partial charge on any atom is 0.310 e. The van der Waals surface area contributed by atoms with E-state index in [1.807, 2.05) is 30.3 Å². The molecule has 0 aliphatic heterocycles. The second kappa shape index (κ2) is 14.1. The molecule has 3 atom stereocenters. The van der Waals surface area contributed by atoms with Crippen LogP contribution in [0.5, 0.6) is 0 Å². The number of ether oxygens (including phenoxy) is 1. The smallest absolute Gasteiger partial charge is 0.310 e. The number of carboxylic acids is 2. The van der Waals surface area contributed by atoms with Crippen molar-refractivity contribution in [2.45, 2.75) is 38.6 Å². The molecule has 0 aliphatic rings. The summed E-state index contributed by atoms with van der Waals surface area (Å²) in [7, 11) is -1.46. The predicted molar refractivity (Wildman–Crippen MR) is 132 cm³/mol. The Labute approximate surface area is 210 Å². The van der Waals surface area contributed by atoms with Crippen molar-refractivity contribution >= 4 is 51.2 Å². The zero-order valence-electron chi connectivity index (χ0n) is 19.8. The quantitative estimate of drug-likeness (QED) is 0.297. The number of benzene rings is 2. The number of Topliss-reactive ketones (excluding diaryl/α,β-unsaturated/α-hetero) is 1. The number of aliphatic carboxylic acids is 2. The van der Waals surface area contributed by atoms with Gasteiger partial charge in [-0.25, -0.2) is 0 Å². The number of ketones is 1. The van der Waals surface area contributed by atoms with Gasteiger partial charge in [-0.3, -0.25) is 28.2 Å². The lowest BCUT2D eigenvalue weighted by Crippen LogP contribution is -2.46. The molecule has 0 aromatic heterocycles. The maximum absolute atomic E-state index is 12.6. The fourth-order valence-electron chi connectivity index (χ4n) is 3.46. The van der Waals surface area contributed by atoms with Gasteiger partial charge >= 0.3 is 17.9 Å². The Kier molecular flexibility index (Phi) is 11.2. The number of fused-ring (bicyclic) bond motifs is 1. The molecule has 0 heterocycles. The van der Waals surface area contributed by atoms with Gasteiger partial charge in [-0.05, 0) is 22.8 Å². The zero-order valence-corrected chi connectivity index (χ0v) is 20.6. The average Bonchev–Trinajstić information content (AvgIpc) is 2.81. The SMILES string of the molecule is CC(CS(=O)CCCC(=O)O)C(=O)NC(CC(=O)O)C(=O)COC(=O)Cc1cccc2ccccc12. The molecule has 0 radical (unpaired) electrons. The number of carbonyl (C=O) groups is 5. The summed E-state index contributed by atoms with van der Waals surface area (Å²) in [4.78, 5) is 59.1. The standard InChI is InChI=1S/C25H29NO9S/c1-16(15-36(34)11-5-10-22(28)29)25(33)26-20(13-23(30)31)21(27)14-35-24(32)12-18-8-4-7-17-6-2-3-9-19(17)18/h2-4,6-9,16,20H,5,10-15H2,1H3,(H,26,33)(H,28,29)(H,30,31). The number of carbonyl (C=O) groups excluding carboxylic acids is 3. The molecule has 194 valence electrons. The molecule has 11 heteroatoms. The van der Waals surface area contributed by atoms with E-state index in [1.165, 1.54) is 6.92 Å². The Morgan fingerprint density at radius 2 is 1.69 bits per heavy atom. The number of amides is 1. The summed E-state index contributed by atoms with van der Waals surface area (Å²) in [5, 5.41) is 21.9. The molecular weight excluding hydrogens is 490 g/mol. The Morgan fingerprint density at radius 3 is 2.39 bits per heavy atom. The molecule has 0 saturated heterocycles. The Hall–Kier alpha value is -3.60. The predicted octanol–water partition coefficient (Wildman–Crippen LogP) is 1.70. The van der Waals surface area contributed by atoms with Crippen molar-refractivity contribution in [3.63, 3.8) is 0 Å². The fraction of sp³-hybridized carbons (Fsp3) is 0.400. The van der Waals surface area contributed by atoms with Crippen molar-refractivity contribution < 1.29 is 43.1 Å². The minimum absolute atomic E-state index is 0.0700. The van der Waals surface area contributed by atoms with Crippen molar-refractivity contribution in [1.82, 2.24) is 5.32 Å². The van der Waals surface area contributed by atoms with E-state index in [0.29, 0.717) is 5.56 Å². The first-order valence-electron chi connectivity index (χ1n) is 11.3. The van der Waals surface area contributed by atoms with Gasteiger partial charge in [-0.15, -0.1) is 0 Å². The highest BCUT2D eigenvalue weighted by Gasteiger charge is 2.27. The summed E-state index contributed by atoms with van der Waals surface area (Å²) in [5.41, 5.74) is 0.714. The van der Waals surface area contributed by atoms with Crippen LogP contribution in [-0.4, -0.2) is 68.2 Å². The summed E-state index contributed by atoms with van der Waals surface area (Å²) in [6.07, 6.45) is -0.740. The Morgan fingerprint density at radius 1 is 1.00 bits per heavy atom. The molecule has 0 aliphatic carbocycles. The average molecular weight is 520 g/mol. The minimum atomic E-state index is -1.46. The lowest BCUT2D eigenvalue weighted by Gasteiger charge is -2.19. The Balaban J connectivity index is 1.91. The molecule has 36 heavy (non-hydrogen) atoms. The number of nitrogens with one attached hydrogen (secondary N) is 1. The van der Waals surface area contributed by atoms with Crippen LogP contribution in [0.25, 0.3) is 10.8 Å². The van der Waals surface area contributed by atoms with Crippen LogP contribution in [0.2, 0.25) is 0 Å². The van der Waals surface area contributed by atoms with Gasteiger partial charge in [-0.1, -0.05) is 49.4 Å². The summed E-state index contributed by atoms with van der Waals surface area (Å²) in [6.45, 7) is 0.758. The fourth-order valence-corrected chi connectivity index (χ4v) is 4.80. The molecular formula is C25H29NO9S. The normalized spacial score (nSPS) is 13.4. The lowest BCUT2D eigenvalue weighted by molar-refractivity contribution is -0.148. The third kappa shape index (κ3) is 9.57. The first-order chi connectivity index (χ1) is 17.1. The van der Waals surface area contributed by atoms with Crippen LogP contribution >= 0.6 is 0 Å². The summed E-state index contributed by atoms with van der Waals surface area (Å²) < 4.78 is 17.1. The summed E-state index contributed by atoms with van der Waals surface area (Å²) >= 11 is 0. The van der Waals surface area contributed by atoms with E-state index in [4.69, 9.17) is 14.9 Å². The highest BCUT2D eigenvalue weighted by atomic mass is 32.2. The summed E-state index contributed by atoms with van der Waals surface area (Å²) in [5.74, 6) is -5.26. The van der Waals surface area contributed by atoms with E-state index >= 15 is 0 Å². The highest BCUT2D eigenvalue weighted by Crippen LogP contribution is 2.19. The Bertz CT molecular complexity index is 1140. The van der Waals surface area contributed by atoms with Gasteiger partial charge in [0.1, 0.15) is 6.04 Å². The van der Waals surface area contributed by atoms with Crippen molar-refractivity contribution in [2.24, 2.45) is 5.92 Å². The van der Waals surface area contributed by atoms with Crippen molar-refractivity contribution in [3.8, 4) is 0 Å². The number of hydrogen-bond acceptors (Lipinski definition) is 7. The monoisotopic (exact) mass is 519 g/mol. The van der Waals surface area contributed by atoms with Gasteiger partial charge < -0.3 is 20.3 Å². The van der Waals surface area contributed by atoms with Crippen molar-refractivity contribution in [3.05, 3.63) is 48.0 Å². The van der Waals surface area contributed by atoms with Gasteiger partial charge in [0.2, 0.25) is 5.91 Å². The summed E-state index contributed by atoms with van der Waals surface area (Å²) in [6, 6.07) is 11.5. The van der Waals surface area contributed by atoms with Crippen LogP contribution in [-0.2, 0) is 45.9 Å². The number of esters is 1. The second-order valence-electron chi connectivity index (χ2n) is 8.31. The van der Waals surface area contributed by atoms with Gasteiger partial charge in [0, 0.05) is 34.6 Å². The molecule has 3 N–H and O–H groups in total.